The molecule has 3 aromatic carbocycles. The lowest BCUT2D eigenvalue weighted by molar-refractivity contribution is -0.137. The Balaban J connectivity index is 1.42. The fourth-order valence-corrected chi connectivity index (χ4v) is 7.03. The van der Waals surface area contributed by atoms with Crippen molar-refractivity contribution in [3.8, 4) is 11.3 Å². The summed E-state index contributed by atoms with van der Waals surface area (Å²) >= 11 is 0. The Bertz CT molecular complexity index is 1610. The maximum atomic E-state index is 14.4. The van der Waals surface area contributed by atoms with Gasteiger partial charge in [0.05, 0.1) is 28.4 Å². The molecule has 0 radical (unpaired) electrons. The monoisotopic (exact) mass is 614 g/mol. The van der Waals surface area contributed by atoms with Crippen LogP contribution in [0.5, 0.6) is 0 Å². The lowest BCUT2D eigenvalue weighted by Crippen LogP contribution is -2.46. The molecule has 8 heteroatoms. The van der Waals surface area contributed by atoms with E-state index in [1.165, 1.54) is 25.3 Å². The van der Waals surface area contributed by atoms with Gasteiger partial charge in [0.15, 0.2) is 0 Å². The second-order valence-electron chi connectivity index (χ2n) is 12.4. The number of carbonyl (C=O) groups excluding carboxylic acids is 1. The van der Waals surface area contributed by atoms with E-state index in [1.807, 2.05) is 61.5 Å². The van der Waals surface area contributed by atoms with Crippen molar-refractivity contribution >= 4 is 16.8 Å². The van der Waals surface area contributed by atoms with E-state index < -0.39 is 11.7 Å². The van der Waals surface area contributed by atoms with Crippen molar-refractivity contribution in [2.45, 2.75) is 70.3 Å². The number of benzene rings is 3. The third-order valence-corrected chi connectivity index (χ3v) is 9.45. The average Bonchev–Trinajstić information content (AvgIpc) is 3.07. The molecule has 0 saturated carbocycles. The second kappa shape index (κ2) is 13.7. The first kappa shape index (κ1) is 31.2. The van der Waals surface area contributed by atoms with Gasteiger partial charge in [-0.3, -0.25) is 9.69 Å². The maximum absolute atomic E-state index is 14.4. The van der Waals surface area contributed by atoms with Crippen LogP contribution >= 0.6 is 0 Å². The Kier molecular flexibility index (Phi) is 9.52. The van der Waals surface area contributed by atoms with Crippen LogP contribution in [0.15, 0.2) is 78.9 Å². The standard InChI is InChI=1S/C37H41F3N4O/c1-2-32(26-12-5-3-6-13-26)42-36(45)34-30-16-7-8-17-33(30)41-35(27-14-11-15-28(24-27)37(38,39)40)31(34)25-43-22-18-29(19-23-43)44-20-9-4-10-21-44/h3,5-8,11-17,24,29,32H,2,4,9-10,18-23,25H2,1H3,(H,42,45)/t32-/m0/s1. The molecule has 6 rings (SSSR count). The smallest absolute Gasteiger partial charge is 0.345 e. The molecule has 1 amide bonds. The number of aromatic nitrogens is 1. The first-order valence-corrected chi connectivity index (χ1v) is 16.2. The largest absolute Gasteiger partial charge is 0.416 e. The Labute approximate surface area is 263 Å². The summed E-state index contributed by atoms with van der Waals surface area (Å²) < 4.78 is 41.6. The van der Waals surface area contributed by atoms with Gasteiger partial charge in [-0.15, -0.1) is 0 Å². The van der Waals surface area contributed by atoms with E-state index in [4.69, 9.17) is 4.98 Å². The van der Waals surface area contributed by atoms with Crippen molar-refractivity contribution in [1.29, 1.82) is 0 Å². The summed E-state index contributed by atoms with van der Waals surface area (Å²) in [5.74, 6) is -0.240. The number of nitrogens with zero attached hydrogens (tertiary/aromatic N) is 3. The van der Waals surface area contributed by atoms with E-state index in [-0.39, 0.29) is 11.9 Å². The van der Waals surface area contributed by atoms with Crippen LogP contribution < -0.4 is 5.32 Å². The lowest BCUT2D eigenvalue weighted by atomic mass is 9.93. The molecule has 1 N–H and O–H groups in total. The van der Waals surface area contributed by atoms with Crippen molar-refractivity contribution in [3.63, 3.8) is 0 Å². The highest BCUT2D eigenvalue weighted by molar-refractivity contribution is 6.09. The molecule has 0 spiro atoms. The van der Waals surface area contributed by atoms with Crippen molar-refractivity contribution in [2.75, 3.05) is 26.2 Å². The van der Waals surface area contributed by atoms with Gasteiger partial charge in [0.25, 0.3) is 5.91 Å². The second-order valence-corrected chi connectivity index (χ2v) is 12.4. The first-order chi connectivity index (χ1) is 21.8. The molecule has 0 unspecified atom stereocenters. The molecule has 2 aliphatic heterocycles. The van der Waals surface area contributed by atoms with Gasteiger partial charge in [0, 0.05) is 29.1 Å². The number of piperidine rings is 2. The van der Waals surface area contributed by atoms with Crippen molar-refractivity contribution in [1.82, 2.24) is 20.1 Å². The molecule has 45 heavy (non-hydrogen) atoms. The predicted molar refractivity (Wildman–Crippen MR) is 173 cm³/mol. The summed E-state index contributed by atoms with van der Waals surface area (Å²) in [6.07, 6.45) is 2.08. The zero-order valence-corrected chi connectivity index (χ0v) is 25.8. The third kappa shape index (κ3) is 7.07. The van der Waals surface area contributed by atoms with Gasteiger partial charge >= 0.3 is 6.18 Å². The minimum absolute atomic E-state index is 0.212. The summed E-state index contributed by atoms with van der Waals surface area (Å²) in [5.41, 5.74) is 2.80. The highest BCUT2D eigenvalue weighted by Gasteiger charge is 2.32. The normalized spacial score (nSPS) is 17.8. The van der Waals surface area contributed by atoms with Crippen molar-refractivity contribution < 1.29 is 18.0 Å². The summed E-state index contributed by atoms with van der Waals surface area (Å²) in [7, 11) is 0. The number of rotatable bonds is 8. The summed E-state index contributed by atoms with van der Waals surface area (Å²) in [4.78, 5) is 24.3. The van der Waals surface area contributed by atoms with Crippen LogP contribution in [0.3, 0.4) is 0 Å². The molecular weight excluding hydrogens is 573 g/mol. The number of alkyl halides is 3. The fraction of sp³-hybridized carbons (Fsp3) is 0.405. The van der Waals surface area contributed by atoms with E-state index in [1.54, 1.807) is 6.07 Å². The van der Waals surface area contributed by atoms with Crippen LogP contribution in [-0.2, 0) is 12.7 Å². The highest BCUT2D eigenvalue weighted by atomic mass is 19.4. The van der Waals surface area contributed by atoms with Crippen LogP contribution in [0.2, 0.25) is 0 Å². The van der Waals surface area contributed by atoms with Gasteiger partial charge in [-0.25, -0.2) is 4.98 Å². The average molecular weight is 615 g/mol. The molecule has 5 nitrogen and oxygen atoms in total. The van der Waals surface area contributed by atoms with E-state index in [0.29, 0.717) is 52.3 Å². The quantitative estimate of drug-likeness (QED) is 0.217. The van der Waals surface area contributed by atoms with Crippen molar-refractivity contribution in [2.24, 2.45) is 0 Å². The molecule has 2 saturated heterocycles. The summed E-state index contributed by atoms with van der Waals surface area (Å²) in [6.45, 7) is 6.50. The van der Waals surface area contributed by atoms with Gasteiger partial charge in [0.2, 0.25) is 0 Å². The van der Waals surface area contributed by atoms with Crippen LogP contribution in [-0.4, -0.2) is 52.9 Å². The number of likely N-dealkylation sites (tertiary alicyclic amines) is 2. The fourth-order valence-electron chi connectivity index (χ4n) is 7.03. The number of hydrogen-bond acceptors (Lipinski definition) is 4. The molecule has 2 aliphatic rings. The van der Waals surface area contributed by atoms with Gasteiger partial charge in [-0.1, -0.05) is 74.0 Å². The maximum Gasteiger partial charge on any atom is 0.416 e. The number of pyridine rings is 1. The van der Waals surface area contributed by atoms with Gasteiger partial charge in [-0.05, 0) is 82.0 Å². The summed E-state index contributed by atoms with van der Waals surface area (Å²) in [5, 5.41) is 3.96. The Hall–Kier alpha value is -3.75. The molecule has 0 bridgehead atoms. The van der Waals surface area contributed by atoms with Gasteiger partial charge < -0.3 is 10.2 Å². The first-order valence-electron chi connectivity index (χ1n) is 16.2. The topological polar surface area (TPSA) is 48.5 Å². The molecule has 1 atom stereocenters. The van der Waals surface area contributed by atoms with Crippen LogP contribution in [0.1, 0.15) is 78.5 Å². The minimum Gasteiger partial charge on any atom is -0.345 e. The number of hydrogen-bond donors (Lipinski definition) is 1. The number of nitrogens with one attached hydrogen (secondary N) is 1. The molecule has 2 fully saturated rings. The SMILES string of the molecule is CC[C@H](NC(=O)c1c(CN2CCC(N3CCCCC3)CC2)c(-c2cccc(C(F)(F)F)c2)nc2ccccc12)c1ccccc1. The molecular formula is C37H41F3N4O. The number of para-hydroxylation sites is 1. The van der Waals surface area contributed by atoms with Crippen LogP contribution in [0, 0.1) is 0 Å². The summed E-state index contributed by atoms with van der Waals surface area (Å²) in [6, 6.07) is 23.0. The van der Waals surface area contributed by atoms with Crippen molar-refractivity contribution in [3.05, 3.63) is 101 Å². The Morgan fingerprint density at radius 1 is 0.911 bits per heavy atom. The van der Waals surface area contributed by atoms with Gasteiger partial charge in [-0.2, -0.15) is 13.2 Å². The Morgan fingerprint density at radius 2 is 1.62 bits per heavy atom. The highest BCUT2D eigenvalue weighted by Crippen LogP contribution is 2.36. The predicted octanol–water partition coefficient (Wildman–Crippen LogP) is 8.25. The van der Waals surface area contributed by atoms with Gasteiger partial charge in [0.1, 0.15) is 0 Å². The zero-order chi connectivity index (χ0) is 31.4. The minimum atomic E-state index is -4.49. The van der Waals surface area contributed by atoms with Crippen LogP contribution in [0.25, 0.3) is 22.2 Å². The van der Waals surface area contributed by atoms with Crippen LogP contribution in [0.4, 0.5) is 13.2 Å². The molecule has 3 heterocycles. The van der Waals surface area contributed by atoms with E-state index in [9.17, 15) is 18.0 Å². The number of amides is 1. The number of halogens is 3. The Morgan fingerprint density at radius 3 is 2.33 bits per heavy atom. The van der Waals surface area contributed by atoms with E-state index in [0.717, 1.165) is 56.7 Å². The number of carbonyl (C=O) groups is 1. The molecule has 236 valence electrons. The molecule has 0 aliphatic carbocycles. The third-order valence-electron chi connectivity index (χ3n) is 9.45. The molecule has 1 aromatic heterocycles. The van der Waals surface area contributed by atoms with E-state index in [2.05, 4.69) is 15.1 Å². The van der Waals surface area contributed by atoms with E-state index >= 15 is 0 Å². The number of fused-ring (bicyclic) bond motifs is 1. The zero-order valence-electron chi connectivity index (χ0n) is 25.8. The lowest BCUT2D eigenvalue weighted by Gasteiger charge is -2.40. The molecule has 4 aromatic rings.